The van der Waals surface area contributed by atoms with Crippen LogP contribution in [0.5, 0.6) is 0 Å². The van der Waals surface area contributed by atoms with Crippen molar-refractivity contribution in [1.29, 1.82) is 0 Å². The van der Waals surface area contributed by atoms with Gasteiger partial charge in [-0.3, -0.25) is 9.80 Å². The van der Waals surface area contributed by atoms with Gasteiger partial charge in [0.05, 0.1) is 0 Å². The first-order valence-electron chi connectivity index (χ1n) is 7.13. The highest BCUT2D eigenvalue weighted by molar-refractivity contribution is 9.09. The highest BCUT2D eigenvalue weighted by Gasteiger charge is 2.30. The Morgan fingerprint density at radius 3 is 2.24 bits per heavy atom. The average molecular weight is 305 g/mol. The summed E-state index contributed by atoms with van der Waals surface area (Å²) in [5.74, 6) is 0. The topological polar surface area (TPSA) is 6.48 Å². The Labute approximate surface area is 116 Å². The van der Waals surface area contributed by atoms with E-state index in [0.29, 0.717) is 5.41 Å². The quantitative estimate of drug-likeness (QED) is 0.695. The van der Waals surface area contributed by atoms with E-state index in [1.807, 2.05) is 0 Å². The van der Waals surface area contributed by atoms with Crippen molar-refractivity contribution < 1.29 is 0 Å². The zero-order chi connectivity index (χ0) is 12.9. The van der Waals surface area contributed by atoms with Crippen molar-refractivity contribution in [2.24, 2.45) is 5.41 Å². The van der Waals surface area contributed by atoms with E-state index in [1.54, 1.807) is 0 Å². The maximum atomic E-state index is 3.72. The van der Waals surface area contributed by atoms with Crippen LogP contribution >= 0.6 is 15.9 Å². The molecule has 1 saturated heterocycles. The number of alkyl halides is 1. The number of rotatable bonds is 6. The first kappa shape index (κ1) is 15.5. The van der Waals surface area contributed by atoms with Gasteiger partial charge in [-0.2, -0.15) is 0 Å². The molecular formula is C14H29BrN2. The van der Waals surface area contributed by atoms with Crippen LogP contribution in [0.2, 0.25) is 0 Å². The van der Waals surface area contributed by atoms with E-state index in [-0.39, 0.29) is 0 Å². The monoisotopic (exact) mass is 304 g/mol. The molecule has 2 nitrogen and oxygen atoms in total. The third-order valence-corrected chi connectivity index (χ3v) is 5.79. The minimum absolute atomic E-state index is 0.480. The standard InChI is InChI=1S/C14H29BrN2/c1-5-14(6-2,11-15)12-16-8-9-17(7-3)13(4)10-16/h13H,5-12H2,1-4H3. The predicted molar refractivity (Wildman–Crippen MR) is 80.0 cm³/mol. The van der Waals surface area contributed by atoms with E-state index in [9.17, 15) is 0 Å². The molecule has 0 N–H and O–H groups in total. The van der Waals surface area contributed by atoms with Crippen LogP contribution in [-0.4, -0.2) is 53.9 Å². The number of piperazine rings is 1. The Kier molecular flexibility index (Phi) is 6.46. The number of halogens is 1. The molecule has 1 aliphatic rings. The number of hydrogen-bond donors (Lipinski definition) is 0. The summed E-state index contributed by atoms with van der Waals surface area (Å²) in [5, 5.41) is 1.13. The lowest BCUT2D eigenvalue weighted by Gasteiger charge is -2.43. The Hall–Kier alpha value is 0.400. The van der Waals surface area contributed by atoms with Crippen molar-refractivity contribution in [1.82, 2.24) is 9.80 Å². The maximum absolute atomic E-state index is 3.72. The molecule has 0 bridgehead atoms. The zero-order valence-electron chi connectivity index (χ0n) is 12.0. The molecule has 0 saturated carbocycles. The molecule has 0 aromatic carbocycles. The molecule has 1 unspecified atom stereocenters. The lowest BCUT2D eigenvalue weighted by molar-refractivity contribution is 0.0572. The van der Waals surface area contributed by atoms with Gasteiger partial charge in [0.2, 0.25) is 0 Å². The summed E-state index contributed by atoms with van der Waals surface area (Å²) >= 11 is 3.72. The largest absolute Gasteiger partial charge is 0.300 e. The summed E-state index contributed by atoms with van der Waals surface area (Å²) in [6.45, 7) is 15.5. The molecule has 0 aliphatic carbocycles. The molecule has 17 heavy (non-hydrogen) atoms. The Balaban J connectivity index is 2.52. The van der Waals surface area contributed by atoms with Gasteiger partial charge in [0, 0.05) is 37.6 Å². The summed E-state index contributed by atoms with van der Waals surface area (Å²) in [5.41, 5.74) is 0.480. The third kappa shape index (κ3) is 3.93. The Morgan fingerprint density at radius 1 is 1.18 bits per heavy atom. The fraction of sp³-hybridized carbons (Fsp3) is 1.00. The zero-order valence-corrected chi connectivity index (χ0v) is 13.6. The van der Waals surface area contributed by atoms with E-state index in [2.05, 4.69) is 53.4 Å². The highest BCUT2D eigenvalue weighted by Crippen LogP contribution is 2.30. The molecule has 1 fully saturated rings. The van der Waals surface area contributed by atoms with Crippen LogP contribution in [0.4, 0.5) is 0 Å². The van der Waals surface area contributed by atoms with E-state index >= 15 is 0 Å². The Bertz CT molecular complexity index is 208. The van der Waals surface area contributed by atoms with Crippen molar-refractivity contribution in [2.45, 2.75) is 46.6 Å². The molecular weight excluding hydrogens is 276 g/mol. The van der Waals surface area contributed by atoms with Gasteiger partial charge >= 0.3 is 0 Å². The van der Waals surface area contributed by atoms with Gasteiger partial charge in [-0.1, -0.05) is 36.7 Å². The molecule has 0 amide bonds. The van der Waals surface area contributed by atoms with Crippen molar-refractivity contribution in [3.05, 3.63) is 0 Å². The van der Waals surface area contributed by atoms with Gasteiger partial charge < -0.3 is 0 Å². The van der Waals surface area contributed by atoms with Crippen molar-refractivity contribution in [3.8, 4) is 0 Å². The molecule has 1 atom stereocenters. The van der Waals surface area contributed by atoms with Crippen molar-refractivity contribution >= 4 is 15.9 Å². The fourth-order valence-corrected chi connectivity index (χ4v) is 3.83. The van der Waals surface area contributed by atoms with Crippen molar-refractivity contribution in [2.75, 3.05) is 38.1 Å². The van der Waals surface area contributed by atoms with Crippen LogP contribution in [0.1, 0.15) is 40.5 Å². The maximum Gasteiger partial charge on any atom is 0.0195 e. The smallest absolute Gasteiger partial charge is 0.0195 e. The summed E-state index contributed by atoms with van der Waals surface area (Å²) in [7, 11) is 0. The lowest BCUT2D eigenvalue weighted by Crippen LogP contribution is -2.54. The summed E-state index contributed by atoms with van der Waals surface area (Å²) in [6, 6.07) is 0.718. The molecule has 1 heterocycles. The van der Waals surface area contributed by atoms with E-state index in [4.69, 9.17) is 0 Å². The molecule has 3 heteroatoms. The number of likely N-dealkylation sites (N-methyl/N-ethyl adjacent to an activating group) is 1. The van der Waals surface area contributed by atoms with Crippen LogP contribution in [0.15, 0.2) is 0 Å². The molecule has 1 aliphatic heterocycles. The van der Waals surface area contributed by atoms with E-state index in [1.165, 1.54) is 45.6 Å². The van der Waals surface area contributed by atoms with Crippen LogP contribution in [0.3, 0.4) is 0 Å². The third-order valence-electron chi connectivity index (χ3n) is 4.60. The summed E-state index contributed by atoms with van der Waals surface area (Å²) in [6.07, 6.45) is 2.55. The van der Waals surface area contributed by atoms with E-state index in [0.717, 1.165) is 11.4 Å². The molecule has 0 radical (unpaired) electrons. The van der Waals surface area contributed by atoms with Crippen LogP contribution < -0.4 is 0 Å². The highest BCUT2D eigenvalue weighted by atomic mass is 79.9. The Morgan fingerprint density at radius 2 is 1.82 bits per heavy atom. The number of nitrogens with zero attached hydrogens (tertiary/aromatic N) is 2. The second-order valence-electron chi connectivity index (χ2n) is 5.55. The van der Waals surface area contributed by atoms with Gasteiger partial charge in [0.25, 0.3) is 0 Å². The normalized spacial score (nSPS) is 24.2. The van der Waals surface area contributed by atoms with Gasteiger partial charge in [-0.15, -0.1) is 0 Å². The summed E-state index contributed by atoms with van der Waals surface area (Å²) < 4.78 is 0. The molecule has 0 aromatic rings. The van der Waals surface area contributed by atoms with Crippen LogP contribution in [0, 0.1) is 5.41 Å². The average Bonchev–Trinajstić information content (AvgIpc) is 2.36. The minimum Gasteiger partial charge on any atom is -0.300 e. The van der Waals surface area contributed by atoms with E-state index < -0.39 is 0 Å². The van der Waals surface area contributed by atoms with Crippen molar-refractivity contribution in [3.63, 3.8) is 0 Å². The molecule has 1 rings (SSSR count). The van der Waals surface area contributed by atoms with Crippen LogP contribution in [0.25, 0.3) is 0 Å². The molecule has 0 aromatic heterocycles. The van der Waals surface area contributed by atoms with Gasteiger partial charge in [-0.25, -0.2) is 0 Å². The van der Waals surface area contributed by atoms with Crippen LogP contribution in [-0.2, 0) is 0 Å². The first-order chi connectivity index (χ1) is 8.10. The first-order valence-corrected chi connectivity index (χ1v) is 8.25. The second kappa shape index (κ2) is 7.10. The predicted octanol–water partition coefficient (Wildman–Crippen LogP) is 3.21. The summed E-state index contributed by atoms with van der Waals surface area (Å²) in [4.78, 5) is 5.26. The van der Waals surface area contributed by atoms with Gasteiger partial charge in [0.1, 0.15) is 0 Å². The second-order valence-corrected chi connectivity index (χ2v) is 6.11. The van der Waals surface area contributed by atoms with Gasteiger partial charge in [0.15, 0.2) is 0 Å². The lowest BCUT2D eigenvalue weighted by atomic mass is 9.84. The molecule has 102 valence electrons. The SMILES string of the molecule is CCN1CCN(CC(CC)(CC)CBr)CC1C. The molecule has 0 spiro atoms. The van der Waals surface area contributed by atoms with Gasteiger partial charge in [-0.05, 0) is 31.7 Å². The minimum atomic E-state index is 0.480. The fourth-order valence-electron chi connectivity index (χ4n) is 2.86. The number of hydrogen-bond acceptors (Lipinski definition) is 2.